The van der Waals surface area contributed by atoms with Crippen LogP contribution >= 0.6 is 0 Å². The minimum atomic E-state index is -0.376. The van der Waals surface area contributed by atoms with Crippen molar-refractivity contribution in [3.8, 4) is 0 Å². The zero-order valence-electron chi connectivity index (χ0n) is 17.9. The third kappa shape index (κ3) is 5.95. The molecule has 0 spiro atoms. The first-order valence-corrected chi connectivity index (χ1v) is 11.1. The van der Waals surface area contributed by atoms with Crippen molar-refractivity contribution >= 4 is 11.9 Å². The Labute approximate surface area is 174 Å². The lowest BCUT2D eigenvalue weighted by atomic mass is 9.86. The SMILES string of the molecule is CC(C)NC(=O)N1CCCCC[C@H]1C1CCN(Cc2cccc(C(N)=O)c2)CC1. The highest BCUT2D eigenvalue weighted by atomic mass is 16.2. The van der Waals surface area contributed by atoms with Crippen LogP contribution in [0.4, 0.5) is 4.79 Å². The lowest BCUT2D eigenvalue weighted by Crippen LogP contribution is -2.52. The number of hydrogen-bond donors (Lipinski definition) is 2. The molecule has 2 heterocycles. The van der Waals surface area contributed by atoms with Gasteiger partial charge in [0.05, 0.1) is 0 Å². The molecule has 2 aliphatic heterocycles. The number of piperidine rings is 1. The Bertz CT molecular complexity index is 698. The summed E-state index contributed by atoms with van der Waals surface area (Å²) in [4.78, 5) is 28.8. The van der Waals surface area contributed by atoms with E-state index in [1.54, 1.807) is 6.07 Å². The van der Waals surface area contributed by atoms with Gasteiger partial charge in [0, 0.05) is 30.7 Å². The Hall–Kier alpha value is -2.08. The summed E-state index contributed by atoms with van der Waals surface area (Å²) < 4.78 is 0. The van der Waals surface area contributed by atoms with Crippen LogP contribution in [-0.2, 0) is 6.54 Å². The normalized spacial score (nSPS) is 21.8. The van der Waals surface area contributed by atoms with Gasteiger partial charge in [-0.1, -0.05) is 25.0 Å². The van der Waals surface area contributed by atoms with Crippen molar-refractivity contribution in [1.29, 1.82) is 0 Å². The third-order valence-electron chi connectivity index (χ3n) is 6.27. The maximum absolute atomic E-state index is 12.8. The maximum Gasteiger partial charge on any atom is 0.317 e. The lowest BCUT2D eigenvalue weighted by molar-refractivity contribution is 0.0970. The van der Waals surface area contributed by atoms with Gasteiger partial charge in [0.1, 0.15) is 0 Å². The number of likely N-dealkylation sites (tertiary alicyclic amines) is 2. The van der Waals surface area contributed by atoms with Gasteiger partial charge >= 0.3 is 6.03 Å². The van der Waals surface area contributed by atoms with Crippen molar-refractivity contribution < 1.29 is 9.59 Å². The van der Waals surface area contributed by atoms with Gasteiger partial charge in [-0.05, 0) is 76.2 Å². The summed E-state index contributed by atoms with van der Waals surface area (Å²) in [5.41, 5.74) is 7.11. The Morgan fingerprint density at radius 1 is 1.10 bits per heavy atom. The summed E-state index contributed by atoms with van der Waals surface area (Å²) >= 11 is 0. The Morgan fingerprint density at radius 2 is 1.86 bits per heavy atom. The fourth-order valence-electron chi connectivity index (χ4n) is 4.78. The van der Waals surface area contributed by atoms with Crippen LogP contribution in [0.3, 0.4) is 0 Å². The number of amides is 3. The van der Waals surface area contributed by atoms with Gasteiger partial charge in [-0.3, -0.25) is 9.69 Å². The molecule has 3 rings (SSSR count). The molecule has 0 aromatic heterocycles. The van der Waals surface area contributed by atoms with Crippen LogP contribution in [0.25, 0.3) is 0 Å². The molecule has 0 saturated carbocycles. The summed E-state index contributed by atoms with van der Waals surface area (Å²) in [6.45, 7) is 7.83. The second kappa shape index (κ2) is 10.1. The number of primary amides is 1. The molecule has 2 aliphatic rings. The van der Waals surface area contributed by atoms with Crippen molar-refractivity contribution in [2.45, 2.75) is 71.0 Å². The number of rotatable bonds is 5. The Balaban J connectivity index is 1.58. The fourth-order valence-corrected chi connectivity index (χ4v) is 4.78. The van der Waals surface area contributed by atoms with Crippen LogP contribution in [0, 0.1) is 5.92 Å². The van der Waals surface area contributed by atoms with E-state index in [2.05, 4.69) is 21.2 Å². The van der Waals surface area contributed by atoms with E-state index >= 15 is 0 Å². The van der Waals surface area contributed by atoms with Crippen LogP contribution in [0.5, 0.6) is 0 Å². The summed E-state index contributed by atoms with van der Waals surface area (Å²) in [5.74, 6) is 0.193. The first-order valence-electron chi connectivity index (χ1n) is 11.1. The van der Waals surface area contributed by atoms with Gasteiger partial charge in [-0.15, -0.1) is 0 Å². The highest BCUT2D eigenvalue weighted by Crippen LogP contribution is 2.30. The summed E-state index contributed by atoms with van der Waals surface area (Å²) in [6.07, 6.45) is 6.90. The fraction of sp³-hybridized carbons (Fsp3) is 0.652. The number of benzene rings is 1. The Kier molecular flexibility index (Phi) is 7.53. The number of hydrogen-bond acceptors (Lipinski definition) is 3. The van der Waals surface area contributed by atoms with Crippen LogP contribution in [0.1, 0.15) is 68.3 Å². The lowest BCUT2D eigenvalue weighted by Gasteiger charge is -2.41. The average Bonchev–Trinajstić information content (AvgIpc) is 2.94. The molecule has 0 radical (unpaired) electrons. The molecule has 160 valence electrons. The van der Waals surface area contributed by atoms with Gasteiger partial charge in [0.15, 0.2) is 0 Å². The zero-order chi connectivity index (χ0) is 20.8. The molecule has 2 fully saturated rings. The first kappa shape index (κ1) is 21.6. The minimum absolute atomic E-state index is 0.109. The highest BCUT2D eigenvalue weighted by Gasteiger charge is 2.34. The molecule has 0 aliphatic carbocycles. The average molecular weight is 401 g/mol. The van der Waals surface area contributed by atoms with E-state index in [-0.39, 0.29) is 18.0 Å². The number of nitrogens with two attached hydrogens (primary N) is 1. The summed E-state index contributed by atoms with van der Waals surface area (Å²) in [5, 5.41) is 3.10. The largest absolute Gasteiger partial charge is 0.366 e. The van der Waals surface area contributed by atoms with E-state index in [0.29, 0.717) is 17.5 Å². The van der Waals surface area contributed by atoms with Crippen LogP contribution in [0.2, 0.25) is 0 Å². The van der Waals surface area contributed by atoms with Crippen LogP contribution in [0.15, 0.2) is 24.3 Å². The molecule has 6 heteroatoms. The third-order valence-corrected chi connectivity index (χ3v) is 6.27. The minimum Gasteiger partial charge on any atom is -0.366 e. The van der Waals surface area contributed by atoms with Gasteiger partial charge in [0.25, 0.3) is 0 Å². The molecule has 3 N–H and O–H groups in total. The van der Waals surface area contributed by atoms with Crippen molar-refractivity contribution in [1.82, 2.24) is 15.1 Å². The summed E-state index contributed by atoms with van der Waals surface area (Å²) in [7, 11) is 0. The highest BCUT2D eigenvalue weighted by molar-refractivity contribution is 5.92. The molecule has 6 nitrogen and oxygen atoms in total. The van der Waals surface area contributed by atoms with E-state index in [4.69, 9.17) is 5.73 Å². The number of nitrogens with zero attached hydrogens (tertiary/aromatic N) is 2. The topological polar surface area (TPSA) is 78.7 Å². The van der Waals surface area contributed by atoms with E-state index in [1.807, 2.05) is 26.0 Å². The quantitative estimate of drug-likeness (QED) is 0.795. The molecule has 1 aromatic rings. The molecular weight excluding hydrogens is 364 g/mol. The number of carbonyl (C=O) groups excluding carboxylic acids is 2. The molecule has 1 atom stereocenters. The molecule has 29 heavy (non-hydrogen) atoms. The second-order valence-corrected chi connectivity index (χ2v) is 8.89. The van der Waals surface area contributed by atoms with E-state index in [9.17, 15) is 9.59 Å². The summed E-state index contributed by atoms with van der Waals surface area (Å²) in [6, 6.07) is 8.26. The van der Waals surface area contributed by atoms with Crippen LogP contribution < -0.4 is 11.1 Å². The molecule has 1 aromatic carbocycles. The number of carbonyl (C=O) groups is 2. The predicted molar refractivity (Wildman–Crippen MR) is 116 cm³/mol. The monoisotopic (exact) mass is 400 g/mol. The van der Waals surface area contributed by atoms with Crippen LogP contribution in [-0.4, -0.2) is 53.5 Å². The van der Waals surface area contributed by atoms with E-state index < -0.39 is 0 Å². The molecular formula is C23H36N4O2. The van der Waals surface area contributed by atoms with Gasteiger partial charge in [-0.25, -0.2) is 4.79 Å². The smallest absolute Gasteiger partial charge is 0.317 e. The number of urea groups is 1. The second-order valence-electron chi connectivity index (χ2n) is 8.89. The van der Waals surface area contributed by atoms with Crippen molar-refractivity contribution in [3.05, 3.63) is 35.4 Å². The standard InChI is InChI=1S/C23H36N4O2/c1-17(2)25-23(29)27-12-5-3-4-9-21(27)19-10-13-26(14-11-19)16-18-7-6-8-20(15-18)22(24)28/h6-8,15,17,19,21H,3-5,9-14,16H2,1-2H3,(H2,24,28)(H,25,29)/t21-/m0/s1. The number of nitrogens with one attached hydrogen (secondary N) is 1. The zero-order valence-corrected chi connectivity index (χ0v) is 17.9. The maximum atomic E-state index is 12.8. The first-order chi connectivity index (χ1) is 13.9. The van der Waals surface area contributed by atoms with E-state index in [0.717, 1.165) is 57.4 Å². The Morgan fingerprint density at radius 3 is 2.55 bits per heavy atom. The van der Waals surface area contributed by atoms with Gasteiger partial charge in [-0.2, -0.15) is 0 Å². The van der Waals surface area contributed by atoms with Gasteiger partial charge in [0.2, 0.25) is 5.91 Å². The van der Waals surface area contributed by atoms with E-state index in [1.165, 1.54) is 12.8 Å². The van der Waals surface area contributed by atoms with Crippen molar-refractivity contribution in [2.24, 2.45) is 11.7 Å². The van der Waals surface area contributed by atoms with Crippen molar-refractivity contribution in [2.75, 3.05) is 19.6 Å². The molecule has 0 bridgehead atoms. The molecule has 3 amide bonds. The predicted octanol–water partition coefficient (Wildman–Crippen LogP) is 3.36. The van der Waals surface area contributed by atoms with Gasteiger partial charge < -0.3 is 16.0 Å². The molecule has 2 saturated heterocycles. The van der Waals surface area contributed by atoms with Crippen molar-refractivity contribution in [3.63, 3.8) is 0 Å². The molecule has 0 unspecified atom stereocenters.